The molecule has 1 fully saturated rings. The number of aromatic nitrogens is 1. The fourth-order valence-corrected chi connectivity index (χ4v) is 4.52. The quantitative estimate of drug-likeness (QED) is 0.587. The number of anilines is 3. The molecular weight excluding hydrogens is 342 g/mol. The molecule has 4 rings (SSSR count). The molecule has 2 N–H and O–H groups in total. The van der Waals surface area contributed by atoms with Crippen molar-refractivity contribution in [2.24, 2.45) is 5.92 Å². The van der Waals surface area contributed by atoms with E-state index in [0.29, 0.717) is 12.3 Å². The highest BCUT2D eigenvalue weighted by Crippen LogP contribution is 2.33. The fourth-order valence-electron chi connectivity index (χ4n) is 3.60. The molecule has 134 valence electrons. The second kappa shape index (κ2) is 7.87. The number of hydrogen-bond donors (Lipinski definition) is 2. The molecular formula is C21H23N3OS. The number of benzene rings is 2. The monoisotopic (exact) mass is 365 g/mol. The fraction of sp³-hybridized carbons (Fsp3) is 0.333. The topological polar surface area (TPSA) is 54.0 Å². The predicted molar refractivity (Wildman–Crippen MR) is 109 cm³/mol. The highest BCUT2D eigenvalue weighted by Gasteiger charge is 2.18. The predicted octanol–water partition coefficient (Wildman–Crippen LogP) is 5.95. The summed E-state index contributed by atoms with van der Waals surface area (Å²) in [6.45, 7) is 0. The van der Waals surface area contributed by atoms with Crippen LogP contribution in [0.25, 0.3) is 10.2 Å². The maximum atomic E-state index is 12.5. The van der Waals surface area contributed by atoms with E-state index in [4.69, 9.17) is 4.98 Å². The van der Waals surface area contributed by atoms with Gasteiger partial charge in [0.15, 0.2) is 5.13 Å². The molecule has 1 aromatic heterocycles. The summed E-state index contributed by atoms with van der Waals surface area (Å²) in [5.74, 6) is 0.642. The van der Waals surface area contributed by atoms with Crippen molar-refractivity contribution >= 4 is 44.0 Å². The van der Waals surface area contributed by atoms with Crippen molar-refractivity contribution in [3.05, 3.63) is 48.5 Å². The summed E-state index contributed by atoms with van der Waals surface area (Å²) in [7, 11) is 0. The lowest BCUT2D eigenvalue weighted by molar-refractivity contribution is -0.117. The van der Waals surface area contributed by atoms with E-state index in [9.17, 15) is 4.79 Å². The van der Waals surface area contributed by atoms with Crippen LogP contribution in [0, 0.1) is 5.92 Å². The van der Waals surface area contributed by atoms with E-state index in [0.717, 1.165) is 26.7 Å². The Bertz CT molecular complexity index is 885. The van der Waals surface area contributed by atoms with Crippen LogP contribution < -0.4 is 10.6 Å². The van der Waals surface area contributed by atoms with Gasteiger partial charge in [-0.1, -0.05) is 54.9 Å². The molecule has 0 unspecified atom stereocenters. The lowest BCUT2D eigenvalue weighted by Gasteiger charge is -2.20. The molecule has 4 nitrogen and oxygen atoms in total. The van der Waals surface area contributed by atoms with Crippen LogP contribution in [0.3, 0.4) is 0 Å². The van der Waals surface area contributed by atoms with Crippen molar-refractivity contribution in [1.82, 2.24) is 4.98 Å². The largest absolute Gasteiger partial charge is 0.332 e. The highest BCUT2D eigenvalue weighted by atomic mass is 32.1. The van der Waals surface area contributed by atoms with Crippen LogP contribution in [0.4, 0.5) is 16.5 Å². The number of rotatable bonds is 5. The minimum Gasteiger partial charge on any atom is -0.332 e. The maximum absolute atomic E-state index is 12.5. The van der Waals surface area contributed by atoms with Gasteiger partial charge in [0.25, 0.3) is 0 Å². The van der Waals surface area contributed by atoms with Crippen LogP contribution in [0.2, 0.25) is 0 Å². The van der Waals surface area contributed by atoms with E-state index < -0.39 is 0 Å². The first-order valence-corrected chi connectivity index (χ1v) is 10.1. The van der Waals surface area contributed by atoms with E-state index in [1.165, 1.54) is 32.1 Å². The number of fused-ring (bicyclic) bond motifs is 1. The Labute approximate surface area is 157 Å². The normalized spacial score (nSPS) is 15.1. The summed E-state index contributed by atoms with van der Waals surface area (Å²) in [5, 5.41) is 7.25. The molecule has 1 heterocycles. The van der Waals surface area contributed by atoms with Crippen LogP contribution in [-0.4, -0.2) is 10.9 Å². The third-order valence-electron chi connectivity index (χ3n) is 4.92. The summed E-state index contributed by atoms with van der Waals surface area (Å²) < 4.78 is 1.07. The van der Waals surface area contributed by atoms with Gasteiger partial charge >= 0.3 is 0 Å². The van der Waals surface area contributed by atoms with E-state index in [-0.39, 0.29) is 5.91 Å². The average Bonchev–Trinajstić information content (AvgIpc) is 3.07. The summed E-state index contributed by atoms with van der Waals surface area (Å²) >= 11 is 1.60. The Morgan fingerprint density at radius 3 is 2.65 bits per heavy atom. The zero-order valence-electron chi connectivity index (χ0n) is 14.7. The summed E-state index contributed by atoms with van der Waals surface area (Å²) in [4.78, 5) is 17.2. The zero-order chi connectivity index (χ0) is 17.8. The first-order valence-electron chi connectivity index (χ1n) is 9.29. The first kappa shape index (κ1) is 17.0. The highest BCUT2D eigenvalue weighted by molar-refractivity contribution is 7.22. The van der Waals surface area contributed by atoms with Crippen molar-refractivity contribution in [2.45, 2.75) is 38.5 Å². The number of carbonyl (C=O) groups is 1. The van der Waals surface area contributed by atoms with Crippen molar-refractivity contribution in [2.75, 3.05) is 10.6 Å². The number of para-hydroxylation sites is 2. The maximum Gasteiger partial charge on any atom is 0.224 e. The summed E-state index contributed by atoms with van der Waals surface area (Å²) in [6, 6.07) is 16.0. The number of nitrogens with zero attached hydrogens (tertiary/aromatic N) is 1. The van der Waals surface area contributed by atoms with Crippen LogP contribution in [0.1, 0.15) is 38.5 Å². The van der Waals surface area contributed by atoms with Crippen LogP contribution in [-0.2, 0) is 4.79 Å². The molecule has 1 aliphatic rings. The zero-order valence-corrected chi connectivity index (χ0v) is 15.5. The lowest BCUT2D eigenvalue weighted by atomic mass is 9.87. The van der Waals surface area contributed by atoms with Gasteiger partial charge in [-0.3, -0.25) is 4.79 Å². The Kier molecular flexibility index (Phi) is 5.16. The minimum atomic E-state index is 0.106. The number of hydrogen-bond acceptors (Lipinski definition) is 4. The van der Waals surface area contributed by atoms with Crippen LogP contribution in [0.15, 0.2) is 48.5 Å². The molecule has 5 heteroatoms. The van der Waals surface area contributed by atoms with Gasteiger partial charge in [0, 0.05) is 12.1 Å². The Balaban J connectivity index is 1.49. The van der Waals surface area contributed by atoms with Gasteiger partial charge in [0.2, 0.25) is 5.91 Å². The molecule has 0 aliphatic heterocycles. The molecule has 0 spiro atoms. The number of nitrogens with one attached hydrogen (secondary N) is 2. The number of carbonyl (C=O) groups excluding carboxylic acids is 1. The molecule has 1 saturated carbocycles. The van der Waals surface area contributed by atoms with Gasteiger partial charge in [-0.25, -0.2) is 4.98 Å². The summed E-state index contributed by atoms with van der Waals surface area (Å²) in [5.41, 5.74) is 2.67. The van der Waals surface area contributed by atoms with Crippen LogP contribution >= 0.6 is 11.3 Å². The average molecular weight is 366 g/mol. The first-order chi connectivity index (χ1) is 12.8. The molecule has 0 atom stereocenters. The SMILES string of the molecule is O=C(CC1CCCCC1)Nc1cccc2sc(Nc3ccccc3)nc12. The van der Waals surface area contributed by atoms with Crippen molar-refractivity contribution < 1.29 is 4.79 Å². The smallest absolute Gasteiger partial charge is 0.224 e. The Morgan fingerprint density at radius 1 is 1.04 bits per heavy atom. The van der Waals surface area contributed by atoms with E-state index >= 15 is 0 Å². The van der Waals surface area contributed by atoms with Gasteiger partial charge in [-0.05, 0) is 43.0 Å². The van der Waals surface area contributed by atoms with Gasteiger partial charge in [0.05, 0.1) is 10.4 Å². The molecule has 1 aliphatic carbocycles. The standard InChI is InChI=1S/C21H23N3OS/c25-19(14-15-8-3-1-4-9-15)23-17-12-7-13-18-20(17)24-21(26-18)22-16-10-5-2-6-11-16/h2,5-7,10-13,15H,1,3-4,8-9,14H2,(H,22,24)(H,23,25). The van der Waals surface area contributed by atoms with E-state index in [1.54, 1.807) is 11.3 Å². The van der Waals surface area contributed by atoms with Crippen molar-refractivity contribution in [1.29, 1.82) is 0 Å². The minimum absolute atomic E-state index is 0.106. The summed E-state index contributed by atoms with van der Waals surface area (Å²) in [6.07, 6.45) is 6.81. The second-order valence-electron chi connectivity index (χ2n) is 6.92. The van der Waals surface area contributed by atoms with Gasteiger partial charge in [-0.2, -0.15) is 0 Å². The van der Waals surface area contributed by atoms with Gasteiger partial charge < -0.3 is 10.6 Å². The third kappa shape index (κ3) is 4.05. The number of amides is 1. The van der Waals surface area contributed by atoms with Crippen molar-refractivity contribution in [3.63, 3.8) is 0 Å². The van der Waals surface area contributed by atoms with E-state index in [1.807, 2.05) is 48.5 Å². The molecule has 0 bridgehead atoms. The third-order valence-corrected chi connectivity index (χ3v) is 5.85. The molecule has 2 aromatic carbocycles. The van der Waals surface area contributed by atoms with Gasteiger partial charge in [-0.15, -0.1) is 0 Å². The molecule has 1 amide bonds. The molecule has 0 radical (unpaired) electrons. The number of thiazole rings is 1. The Hall–Kier alpha value is -2.40. The molecule has 0 saturated heterocycles. The second-order valence-corrected chi connectivity index (χ2v) is 7.95. The Morgan fingerprint density at radius 2 is 1.85 bits per heavy atom. The molecule has 26 heavy (non-hydrogen) atoms. The van der Waals surface area contributed by atoms with E-state index in [2.05, 4.69) is 10.6 Å². The lowest BCUT2D eigenvalue weighted by Crippen LogP contribution is -2.18. The van der Waals surface area contributed by atoms with Crippen molar-refractivity contribution in [3.8, 4) is 0 Å². The molecule has 3 aromatic rings. The van der Waals surface area contributed by atoms with Crippen LogP contribution in [0.5, 0.6) is 0 Å². The van der Waals surface area contributed by atoms with Gasteiger partial charge in [0.1, 0.15) is 5.52 Å².